The largest absolute Gasteiger partial charge is 0.495 e. The molecule has 2 N–H and O–H groups in total. The van der Waals surface area contributed by atoms with Crippen LogP contribution in [0.1, 0.15) is 43.5 Å². The Morgan fingerprint density at radius 3 is 2.50 bits per heavy atom. The van der Waals surface area contributed by atoms with Crippen LogP contribution in [0, 0.1) is 11.8 Å². The van der Waals surface area contributed by atoms with Crippen LogP contribution in [0.15, 0.2) is 18.2 Å². The molecular weight excluding hydrogens is 254 g/mol. The van der Waals surface area contributed by atoms with Crippen molar-refractivity contribution in [1.29, 1.82) is 0 Å². The van der Waals surface area contributed by atoms with E-state index in [1.807, 2.05) is 0 Å². The van der Waals surface area contributed by atoms with E-state index in [0.29, 0.717) is 23.6 Å². The van der Waals surface area contributed by atoms with Gasteiger partial charge < -0.3 is 15.2 Å². The average Bonchev–Trinajstić information content (AvgIpc) is 2.42. The second kappa shape index (κ2) is 6.16. The Bertz CT molecular complexity index is 477. The maximum Gasteiger partial charge on any atom is 0.335 e. The average molecular weight is 277 g/mol. The molecule has 1 fully saturated rings. The summed E-state index contributed by atoms with van der Waals surface area (Å²) >= 11 is 0. The summed E-state index contributed by atoms with van der Waals surface area (Å²) in [5.74, 6) is 0.939. The third-order valence-electron chi connectivity index (χ3n) is 4.31. The number of rotatable bonds is 4. The van der Waals surface area contributed by atoms with Crippen molar-refractivity contribution >= 4 is 11.7 Å². The molecule has 0 heterocycles. The molecule has 4 nitrogen and oxygen atoms in total. The number of nitrogens with one attached hydrogen (secondary N) is 1. The highest BCUT2D eigenvalue weighted by atomic mass is 16.5. The lowest BCUT2D eigenvalue weighted by Gasteiger charge is -2.36. The lowest BCUT2D eigenvalue weighted by molar-refractivity contribution is 0.0697. The molecule has 0 aliphatic heterocycles. The molecule has 2 unspecified atom stereocenters. The number of anilines is 1. The third kappa shape index (κ3) is 3.06. The number of aromatic carboxylic acids is 1. The summed E-state index contributed by atoms with van der Waals surface area (Å²) in [6.45, 7) is 4.50. The quantitative estimate of drug-likeness (QED) is 0.882. The lowest BCUT2D eigenvalue weighted by Crippen LogP contribution is -2.37. The Morgan fingerprint density at radius 2 is 1.95 bits per heavy atom. The Morgan fingerprint density at radius 1 is 1.30 bits per heavy atom. The zero-order valence-electron chi connectivity index (χ0n) is 12.3. The Balaban J connectivity index is 2.26. The van der Waals surface area contributed by atoms with Gasteiger partial charge in [-0.15, -0.1) is 0 Å². The molecule has 4 heteroatoms. The number of hydrogen-bond acceptors (Lipinski definition) is 3. The van der Waals surface area contributed by atoms with Crippen molar-refractivity contribution in [1.82, 2.24) is 0 Å². The van der Waals surface area contributed by atoms with E-state index in [0.717, 1.165) is 5.69 Å². The molecule has 0 bridgehead atoms. The van der Waals surface area contributed by atoms with E-state index in [9.17, 15) is 4.79 Å². The molecule has 1 saturated carbocycles. The number of hydrogen-bond donors (Lipinski definition) is 2. The van der Waals surface area contributed by atoms with E-state index in [1.165, 1.54) is 19.3 Å². The van der Waals surface area contributed by atoms with Crippen LogP contribution >= 0.6 is 0 Å². The Labute approximate surface area is 120 Å². The standard InChI is InChI=1S/C16H23NO3/c1-10-5-4-6-11(2)15(10)17-13-9-12(16(18)19)7-8-14(13)20-3/h7-11,15,17H,4-6H2,1-3H3,(H,18,19). The normalized spacial score (nSPS) is 26.1. The van der Waals surface area contributed by atoms with Crippen LogP contribution in [0.2, 0.25) is 0 Å². The first-order chi connectivity index (χ1) is 9.52. The van der Waals surface area contributed by atoms with E-state index in [2.05, 4.69) is 19.2 Å². The minimum atomic E-state index is -0.916. The molecule has 0 amide bonds. The van der Waals surface area contributed by atoms with Gasteiger partial charge in [0.25, 0.3) is 0 Å². The Kier molecular flexibility index (Phi) is 4.53. The van der Waals surface area contributed by atoms with Crippen molar-refractivity contribution in [3.8, 4) is 5.75 Å². The van der Waals surface area contributed by atoms with E-state index < -0.39 is 5.97 Å². The molecule has 1 aromatic carbocycles. The number of carbonyl (C=O) groups is 1. The predicted octanol–water partition coefficient (Wildman–Crippen LogP) is 3.63. The highest BCUT2D eigenvalue weighted by molar-refractivity contribution is 5.89. The zero-order chi connectivity index (χ0) is 14.7. The lowest BCUT2D eigenvalue weighted by atomic mass is 9.78. The van der Waals surface area contributed by atoms with Crippen molar-refractivity contribution < 1.29 is 14.6 Å². The van der Waals surface area contributed by atoms with E-state index in [1.54, 1.807) is 25.3 Å². The van der Waals surface area contributed by atoms with Gasteiger partial charge in [-0.3, -0.25) is 0 Å². The van der Waals surface area contributed by atoms with Crippen LogP contribution < -0.4 is 10.1 Å². The highest BCUT2D eigenvalue weighted by Gasteiger charge is 2.28. The van der Waals surface area contributed by atoms with Gasteiger partial charge in [-0.1, -0.05) is 20.3 Å². The van der Waals surface area contributed by atoms with E-state index in [4.69, 9.17) is 9.84 Å². The number of benzene rings is 1. The topological polar surface area (TPSA) is 58.6 Å². The van der Waals surface area contributed by atoms with Gasteiger partial charge in [0.2, 0.25) is 0 Å². The van der Waals surface area contributed by atoms with Crippen molar-refractivity contribution in [2.75, 3.05) is 12.4 Å². The van der Waals surface area contributed by atoms with Crippen LogP contribution in [-0.4, -0.2) is 24.2 Å². The van der Waals surface area contributed by atoms with Crippen LogP contribution in [0.4, 0.5) is 5.69 Å². The number of methoxy groups -OCH3 is 1. The Hall–Kier alpha value is -1.71. The van der Waals surface area contributed by atoms with Gasteiger partial charge >= 0.3 is 5.97 Å². The van der Waals surface area contributed by atoms with E-state index >= 15 is 0 Å². The van der Waals surface area contributed by atoms with Crippen molar-refractivity contribution in [2.45, 2.75) is 39.2 Å². The summed E-state index contributed by atoms with van der Waals surface area (Å²) in [6, 6.07) is 5.31. The fourth-order valence-corrected chi connectivity index (χ4v) is 3.10. The highest BCUT2D eigenvalue weighted by Crippen LogP contribution is 2.34. The van der Waals surface area contributed by atoms with E-state index in [-0.39, 0.29) is 5.56 Å². The van der Waals surface area contributed by atoms with Gasteiger partial charge in [-0.25, -0.2) is 4.79 Å². The molecule has 0 aromatic heterocycles. The van der Waals surface area contributed by atoms with Gasteiger partial charge in [0, 0.05) is 6.04 Å². The molecular formula is C16H23NO3. The fraction of sp³-hybridized carbons (Fsp3) is 0.562. The molecule has 20 heavy (non-hydrogen) atoms. The SMILES string of the molecule is COc1ccc(C(=O)O)cc1NC1C(C)CCCC1C. The minimum Gasteiger partial charge on any atom is -0.495 e. The monoisotopic (exact) mass is 277 g/mol. The van der Waals surface area contributed by atoms with Gasteiger partial charge in [-0.2, -0.15) is 0 Å². The fourth-order valence-electron chi connectivity index (χ4n) is 3.10. The second-order valence-electron chi connectivity index (χ2n) is 5.78. The molecule has 0 saturated heterocycles. The van der Waals surface area contributed by atoms with Gasteiger partial charge in [-0.05, 0) is 42.9 Å². The summed E-state index contributed by atoms with van der Waals surface area (Å²) in [5.41, 5.74) is 1.06. The summed E-state index contributed by atoms with van der Waals surface area (Å²) < 4.78 is 5.34. The molecule has 1 aliphatic carbocycles. The smallest absolute Gasteiger partial charge is 0.335 e. The maximum absolute atomic E-state index is 11.1. The van der Waals surface area contributed by atoms with Crippen LogP contribution in [-0.2, 0) is 0 Å². The number of carboxylic acids is 1. The molecule has 0 spiro atoms. The van der Waals surface area contributed by atoms with Gasteiger partial charge in [0.05, 0.1) is 18.4 Å². The van der Waals surface area contributed by atoms with Crippen molar-refractivity contribution in [3.05, 3.63) is 23.8 Å². The van der Waals surface area contributed by atoms with Gasteiger partial charge in [0.15, 0.2) is 0 Å². The number of carboxylic acid groups (broad SMARTS) is 1. The molecule has 110 valence electrons. The summed E-state index contributed by atoms with van der Waals surface area (Å²) in [6.07, 6.45) is 3.69. The van der Waals surface area contributed by atoms with Crippen LogP contribution in [0.25, 0.3) is 0 Å². The molecule has 2 rings (SSSR count). The molecule has 2 atom stereocenters. The van der Waals surface area contributed by atoms with Crippen LogP contribution in [0.3, 0.4) is 0 Å². The van der Waals surface area contributed by atoms with Crippen molar-refractivity contribution in [3.63, 3.8) is 0 Å². The molecule has 0 radical (unpaired) electrons. The summed E-state index contributed by atoms with van der Waals surface area (Å²) in [7, 11) is 1.61. The number of ether oxygens (including phenoxy) is 1. The van der Waals surface area contributed by atoms with Gasteiger partial charge in [0.1, 0.15) is 5.75 Å². The summed E-state index contributed by atoms with van der Waals surface area (Å²) in [4.78, 5) is 11.1. The second-order valence-corrected chi connectivity index (χ2v) is 5.78. The van der Waals surface area contributed by atoms with Crippen LogP contribution in [0.5, 0.6) is 5.75 Å². The predicted molar refractivity (Wildman–Crippen MR) is 79.5 cm³/mol. The first kappa shape index (κ1) is 14.7. The maximum atomic E-state index is 11.1. The minimum absolute atomic E-state index is 0.282. The first-order valence-corrected chi connectivity index (χ1v) is 7.20. The molecule has 1 aromatic rings. The first-order valence-electron chi connectivity index (χ1n) is 7.20. The van der Waals surface area contributed by atoms with Crippen molar-refractivity contribution in [2.24, 2.45) is 11.8 Å². The zero-order valence-corrected chi connectivity index (χ0v) is 12.3. The summed E-state index contributed by atoms with van der Waals surface area (Å²) in [5, 5.41) is 12.6. The third-order valence-corrected chi connectivity index (χ3v) is 4.31. The molecule has 1 aliphatic rings.